The van der Waals surface area contributed by atoms with E-state index in [4.69, 9.17) is 21.1 Å². The van der Waals surface area contributed by atoms with Crippen molar-refractivity contribution >= 4 is 28.5 Å². The van der Waals surface area contributed by atoms with Gasteiger partial charge in [-0.2, -0.15) is 0 Å². The Morgan fingerprint density at radius 1 is 1.44 bits per heavy atom. The number of H-pyrrole nitrogens is 1. The third-order valence-electron chi connectivity index (χ3n) is 4.44. The van der Waals surface area contributed by atoms with Crippen LogP contribution in [0, 0.1) is 6.92 Å². The third-order valence-corrected chi connectivity index (χ3v) is 4.68. The molecule has 2 N–H and O–H groups in total. The van der Waals surface area contributed by atoms with Crippen LogP contribution >= 0.6 is 11.6 Å². The summed E-state index contributed by atoms with van der Waals surface area (Å²) in [6.45, 7) is 4.87. The Morgan fingerprint density at radius 3 is 3.04 bits per heavy atom. The second kappa shape index (κ2) is 8.08. The molecule has 7 heteroatoms. The Morgan fingerprint density at radius 2 is 2.28 bits per heavy atom. The van der Waals surface area contributed by atoms with Gasteiger partial charge in [0.2, 0.25) is 0 Å². The van der Waals surface area contributed by atoms with Crippen molar-refractivity contribution in [3.05, 3.63) is 34.5 Å². The summed E-state index contributed by atoms with van der Waals surface area (Å²) < 4.78 is 10.9. The molecular weight excluding hydrogens is 342 g/mol. The SMILES string of the molecule is Cc1[nH]c2ccc(Cl)cc2c1CCNC(=O)N(C)C[C@H]1COCCO1. The Labute approximate surface area is 152 Å². The highest BCUT2D eigenvalue weighted by Gasteiger charge is 2.19. The maximum atomic E-state index is 12.2. The monoisotopic (exact) mass is 365 g/mol. The number of aromatic amines is 1. The molecule has 136 valence electrons. The highest BCUT2D eigenvalue weighted by Crippen LogP contribution is 2.25. The molecule has 0 radical (unpaired) electrons. The smallest absolute Gasteiger partial charge is 0.317 e. The van der Waals surface area contributed by atoms with Gasteiger partial charge in [-0.05, 0) is 37.1 Å². The second-order valence-corrected chi connectivity index (χ2v) is 6.79. The van der Waals surface area contributed by atoms with Crippen LogP contribution in [0.1, 0.15) is 11.3 Å². The summed E-state index contributed by atoms with van der Waals surface area (Å²) in [4.78, 5) is 17.2. The Balaban J connectivity index is 1.53. The average molecular weight is 366 g/mol. The van der Waals surface area contributed by atoms with Crippen molar-refractivity contribution < 1.29 is 14.3 Å². The van der Waals surface area contributed by atoms with Crippen molar-refractivity contribution in [2.45, 2.75) is 19.4 Å². The van der Waals surface area contributed by atoms with Gasteiger partial charge < -0.3 is 24.7 Å². The summed E-state index contributed by atoms with van der Waals surface area (Å²) in [5.41, 5.74) is 3.35. The molecule has 1 aromatic heterocycles. The number of carbonyl (C=O) groups excluding carboxylic acids is 1. The maximum absolute atomic E-state index is 12.2. The maximum Gasteiger partial charge on any atom is 0.317 e. The minimum absolute atomic E-state index is 0.0532. The molecule has 0 saturated carbocycles. The molecule has 0 unspecified atom stereocenters. The zero-order valence-electron chi connectivity index (χ0n) is 14.6. The molecule has 1 aliphatic heterocycles. The molecule has 2 aromatic rings. The molecule has 25 heavy (non-hydrogen) atoms. The minimum atomic E-state index is -0.107. The van der Waals surface area contributed by atoms with Crippen LogP contribution < -0.4 is 5.32 Å². The van der Waals surface area contributed by atoms with Gasteiger partial charge in [0.05, 0.1) is 32.5 Å². The quantitative estimate of drug-likeness (QED) is 0.856. The summed E-state index contributed by atoms with van der Waals surface area (Å²) in [6.07, 6.45) is 0.692. The van der Waals surface area contributed by atoms with Gasteiger partial charge in [-0.25, -0.2) is 4.79 Å². The average Bonchev–Trinajstić information content (AvgIpc) is 2.91. The van der Waals surface area contributed by atoms with Crippen LogP contribution in [0.3, 0.4) is 0 Å². The number of hydrogen-bond donors (Lipinski definition) is 2. The summed E-state index contributed by atoms with van der Waals surface area (Å²) >= 11 is 6.11. The van der Waals surface area contributed by atoms with E-state index in [1.807, 2.05) is 25.1 Å². The van der Waals surface area contributed by atoms with E-state index < -0.39 is 0 Å². The van der Waals surface area contributed by atoms with Gasteiger partial charge in [0.1, 0.15) is 0 Å². The predicted molar refractivity (Wildman–Crippen MR) is 98.3 cm³/mol. The number of ether oxygens (including phenoxy) is 2. The van der Waals surface area contributed by atoms with Crippen LogP contribution in [0.4, 0.5) is 4.79 Å². The lowest BCUT2D eigenvalue weighted by atomic mass is 10.1. The van der Waals surface area contributed by atoms with Gasteiger partial charge >= 0.3 is 6.03 Å². The molecule has 6 nitrogen and oxygen atoms in total. The number of rotatable bonds is 5. The van der Waals surface area contributed by atoms with Crippen molar-refractivity contribution in [2.75, 3.05) is 40.0 Å². The number of nitrogens with one attached hydrogen (secondary N) is 2. The summed E-state index contributed by atoms with van der Waals surface area (Å²) in [5, 5.41) is 4.79. The number of urea groups is 1. The standard InChI is InChI=1S/C18H24ClN3O3/c1-12-15(16-9-13(19)3-4-17(16)21-12)5-6-20-18(23)22(2)10-14-11-24-7-8-25-14/h3-4,9,14,21H,5-8,10-11H2,1-2H3,(H,20,23)/t14-/m0/s1. The topological polar surface area (TPSA) is 66.6 Å². The van der Waals surface area contributed by atoms with E-state index >= 15 is 0 Å². The van der Waals surface area contributed by atoms with E-state index in [0.717, 1.165) is 23.0 Å². The number of aryl methyl sites for hydroxylation is 1. The largest absolute Gasteiger partial charge is 0.376 e. The Kier molecular flexibility index (Phi) is 5.83. The molecule has 1 fully saturated rings. The lowest BCUT2D eigenvalue weighted by Gasteiger charge is -2.27. The number of amides is 2. The molecule has 0 bridgehead atoms. The first-order valence-electron chi connectivity index (χ1n) is 8.49. The predicted octanol–water partition coefficient (Wildman–Crippen LogP) is 2.73. The van der Waals surface area contributed by atoms with Gasteiger partial charge in [-0.3, -0.25) is 0 Å². The van der Waals surface area contributed by atoms with Crippen molar-refractivity contribution in [1.29, 1.82) is 0 Å². The molecule has 1 saturated heterocycles. The van der Waals surface area contributed by atoms with Crippen molar-refractivity contribution in [2.24, 2.45) is 0 Å². The minimum Gasteiger partial charge on any atom is -0.376 e. The molecule has 1 atom stereocenters. The number of nitrogens with zero attached hydrogens (tertiary/aromatic N) is 1. The molecule has 1 aliphatic rings. The first kappa shape index (κ1) is 18.0. The van der Waals surface area contributed by atoms with E-state index in [9.17, 15) is 4.79 Å². The van der Waals surface area contributed by atoms with Crippen LogP contribution in [0.2, 0.25) is 5.02 Å². The van der Waals surface area contributed by atoms with E-state index in [2.05, 4.69) is 10.3 Å². The number of likely N-dealkylation sites (N-methyl/N-ethyl adjacent to an activating group) is 1. The Bertz CT molecular complexity index is 740. The highest BCUT2D eigenvalue weighted by molar-refractivity contribution is 6.31. The molecule has 1 aromatic carbocycles. The lowest BCUT2D eigenvalue weighted by molar-refractivity contribution is -0.0928. The molecule has 0 aliphatic carbocycles. The fourth-order valence-electron chi connectivity index (χ4n) is 3.14. The van der Waals surface area contributed by atoms with Crippen molar-refractivity contribution in [3.8, 4) is 0 Å². The number of halogens is 1. The highest BCUT2D eigenvalue weighted by atomic mass is 35.5. The molecule has 0 spiro atoms. The van der Waals surface area contributed by atoms with E-state index in [-0.39, 0.29) is 12.1 Å². The van der Waals surface area contributed by atoms with Crippen LogP contribution in [-0.2, 0) is 15.9 Å². The summed E-state index contributed by atoms with van der Waals surface area (Å²) in [7, 11) is 1.77. The van der Waals surface area contributed by atoms with Gasteiger partial charge in [0, 0.05) is 35.2 Å². The summed E-state index contributed by atoms with van der Waals surface area (Å²) in [6, 6.07) is 5.71. The zero-order chi connectivity index (χ0) is 17.8. The molecule has 3 rings (SSSR count). The van der Waals surface area contributed by atoms with Crippen molar-refractivity contribution in [1.82, 2.24) is 15.2 Å². The van der Waals surface area contributed by atoms with Crippen LogP contribution in [0.25, 0.3) is 10.9 Å². The van der Waals surface area contributed by atoms with Gasteiger partial charge in [0.25, 0.3) is 0 Å². The number of aromatic nitrogens is 1. The second-order valence-electron chi connectivity index (χ2n) is 6.35. The first-order valence-corrected chi connectivity index (χ1v) is 8.87. The fraction of sp³-hybridized carbons (Fsp3) is 0.500. The molecular formula is C18H24ClN3O3. The van der Waals surface area contributed by atoms with Crippen LogP contribution in [0.15, 0.2) is 18.2 Å². The number of benzene rings is 1. The van der Waals surface area contributed by atoms with E-state index in [0.29, 0.717) is 37.9 Å². The molecule has 2 amide bonds. The number of hydrogen-bond acceptors (Lipinski definition) is 3. The molecule has 2 heterocycles. The van der Waals surface area contributed by atoms with E-state index in [1.165, 1.54) is 5.56 Å². The van der Waals surface area contributed by atoms with E-state index in [1.54, 1.807) is 11.9 Å². The van der Waals surface area contributed by atoms with Gasteiger partial charge in [-0.15, -0.1) is 0 Å². The van der Waals surface area contributed by atoms with Crippen LogP contribution in [-0.4, -0.2) is 62.0 Å². The summed E-state index contributed by atoms with van der Waals surface area (Å²) in [5.74, 6) is 0. The van der Waals surface area contributed by atoms with Crippen molar-refractivity contribution in [3.63, 3.8) is 0 Å². The normalized spacial score (nSPS) is 17.6. The lowest BCUT2D eigenvalue weighted by Crippen LogP contribution is -2.45. The first-order chi connectivity index (χ1) is 12.0. The fourth-order valence-corrected chi connectivity index (χ4v) is 3.31. The third kappa shape index (κ3) is 4.45. The zero-order valence-corrected chi connectivity index (χ0v) is 15.4. The van der Waals surface area contributed by atoms with Gasteiger partial charge in [0.15, 0.2) is 0 Å². The van der Waals surface area contributed by atoms with Crippen LogP contribution in [0.5, 0.6) is 0 Å². The van der Waals surface area contributed by atoms with Gasteiger partial charge in [-0.1, -0.05) is 11.6 Å². The Hall–Kier alpha value is -1.76. The number of carbonyl (C=O) groups is 1. The number of fused-ring (bicyclic) bond motifs is 1.